The van der Waals surface area contributed by atoms with Crippen molar-refractivity contribution >= 4 is 11.7 Å². The van der Waals surface area contributed by atoms with Crippen molar-refractivity contribution in [3.63, 3.8) is 0 Å². The first-order valence-electron chi connectivity index (χ1n) is 5.79. The molecule has 88 valence electrons. The zero-order chi connectivity index (χ0) is 12.0. The van der Waals surface area contributed by atoms with Gasteiger partial charge >= 0.3 is 6.03 Å². The second kappa shape index (κ2) is 6.16. The molecule has 1 aromatic carbocycles. The highest BCUT2D eigenvalue weighted by atomic mass is 16.2. The van der Waals surface area contributed by atoms with Crippen LogP contribution in [0, 0.1) is 0 Å². The van der Waals surface area contributed by atoms with E-state index < -0.39 is 0 Å². The molecule has 1 rings (SSSR count). The van der Waals surface area contributed by atoms with Gasteiger partial charge in [0.1, 0.15) is 0 Å². The third-order valence-corrected chi connectivity index (χ3v) is 2.37. The molecule has 2 amide bonds. The fraction of sp³-hybridized carbons (Fsp3) is 0.462. The molecule has 0 saturated heterocycles. The van der Waals surface area contributed by atoms with Gasteiger partial charge in [-0.25, -0.2) is 4.79 Å². The van der Waals surface area contributed by atoms with E-state index in [1.54, 1.807) is 0 Å². The van der Waals surface area contributed by atoms with E-state index in [1.807, 2.05) is 31.2 Å². The van der Waals surface area contributed by atoms with Crippen LogP contribution in [0.2, 0.25) is 0 Å². The molecule has 0 radical (unpaired) electrons. The number of benzene rings is 1. The zero-order valence-electron chi connectivity index (χ0n) is 10.2. The van der Waals surface area contributed by atoms with E-state index in [9.17, 15) is 4.79 Å². The minimum Gasteiger partial charge on any atom is -0.338 e. The summed E-state index contributed by atoms with van der Waals surface area (Å²) in [5, 5.41) is 5.67. The summed E-state index contributed by atoms with van der Waals surface area (Å²) in [6.45, 7) is 6.97. The number of hydrogen-bond donors (Lipinski definition) is 2. The first-order valence-corrected chi connectivity index (χ1v) is 5.79. The Labute approximate surface area is 97.2 Å². The van der Waals surface area contributed by atoms with Gasteiger partial charge in [-0.2, -0.15) is 0 Å². The van der Waals surface area contributed by atoms with Crippen LogP contribution in [0.15, 0.2) is 24.3 Å². The van der Waals surface area contributed by atoms with Crippen molar-refractivity contribution in [3.8, 4) is 0 Å². The number of carbonyl (C=O) groups is 1. The van der Waals surface area contributed by atoms with Gasteiger partial charge in [0.25, 0.3) is 0 Å². The molecular weight excluding hydrogens is 200 g/mol. The van der Waals surface area contributed by atoms with Crippen LogP contribution in [-0.4, -0.2) is 12.6 Å². The van der Waals surface area contributed by atoms with Crippen molar-refractivity contribution in [1.29, 1.82) is 0 Å². The number of carbonyl (C=O) groups excluding carboxylic acids is 1. The maximum absolute atomic E-state index is 11.5. The summed E-state index contributed by atoms with van der Waals surface area (Å²) < 4.78 is 0. The minimum atomic E-state index is -0.130. The third kappa shape index (κ3) is 3.57. The fourth-order valence-electron chi connectivity index (χ4n) is 1.52. The lowest BCUT2D eigenvalue weighted by molar-refractivity contribution is 0.252. The van der Waals surface area contributed by atoms with Gasteiger partial charge in [0.05, 0.1) is 0 Å². The van der Waals surface area contributed by atoms with Gasteiger partial charge in [-0.15, -0.1) is 0 Å². The Balaban J connectivity index is 2.69. The maximum Gasteiger partial charge on any atom is 0.319 e. The summed E-state index contributed by atoms with van der Waals surface area (Å²) >= 11 is 0. The number of anilines is 1. The number of urea groups is 1. The van der Waals surface area contributed by atoms with E-state index >= 15 is 0 Å². The molecule has 0 spiro atoms. The predicted molar refractivity (Wildman–Crippen MR) is 67.8 cm³/mol. The highest BCUT2D eigenvalue weighted by Gasteiger charge is 2.07. The molecule has 0 aliphatic carbocycles. The highest BCUT2D eigenvalue weighted by molar-refractivity contribution is 5.90. The zero-order valence-corrected chi connectivity index (χ0v) is 10.2. The van der Waals surface area contributed by atoms with Gasteiger partial charge in [0.15, 0.2) is 0 Å². The summed E-state index contributed by atoms with van der Waals surface area (Å²) in [5.74, 6) is 0.405. The number of para-hydroxylation sites is 1. The Morgan fingerprint density at radius 1 is 1.31 bits per heavy atom. The van der Waals surface area contributed by atoms with E-state index in [1.165, 1.54) is 0 Å². The molecule has 0 unspecified atom stereocenters. The lowest BCUT2D eigenvalue weighted by Gasteiger charge is -2.13. The molecule has 0 bridgehead atoms. The maximum atomic E-state index is 11.5. The van der Waals surface area contributed by atoms with Gasteiger partial charge < -0.3 is 10.6 Å². The summed E-state index contributed by atoms with van der Waals surface area (Å²) in [6.07, 6.45) is 0.944. The van der Waals surface area contributed by atoms with Gasteiger partial charge in [-0.05, 0) is 24.0 Å². The SMILES string of the molecule is CCCNC(=O)Nc1ccccc1C(C)C. The van der Waals surface area contributed by atoms with Crippen LogP contribution in [0.25, 0.3) is 0 Å². The quantitative estimate of drug-likeness (QED) is 0.802. The lowest BCUT2D eigenvalue weighted by atomic mass is 10.0. The highest BCUT2D eigenvalue weighted by Crippen LogP contribution is 2.23. The minimum absolute atomic E-state index is 0.130. The topological polar surface area (TPSA) is 41.1 Å². The Bertz CT molecular complexity index is 348. The van der Waals surface area contributed by atoms with E-state index in [4.69, 9.17) is 0 Å². The smallest absolute Gasteiger partial charge is 0.319 e. The van der Waals surface area contributed by atoms with Crippen molar-refractivity contribution in [3.05, 3.63) is 29.8 Å². The predicted octanol–water partition coefficient (Wildman–Crippen LogP) is 3.34. The molecule has 0 heterocycles. The molecule has 2 N–H and O–H groups in total. The first-order chi connectivity index (χ1) is 7.65. The van der Waals surface area contributed by atoms with E-state index in [0.29, 0.717) is 12.5 Å². The average molecular weight is 220 g/mol. The fourth-order valence-corrected chi connectivity index (χ4v) is 1.52. The van der Waals surface area contributed by atoms with Crippen LogP contribution in [0.4, 0.5) is 10.5 Å². The number of hydrogen-bond acceptors (Lipinski definition) is 1. The molecule has 0 aliphatic heterocycles. The third-order valence-electron chi connectivity index (χ3n) is 2.37. The lowest BCUT2D eigenvalue weighted by Crippen LogP contribution is -2.29. The van der Waals surface area contributed by atoms with Crippen LogP contribution in [0.1, 0.15) is 38.7 Å². The summed E-state index contributed by atoms with van der Waals surface area (Å²) in [5.41, 5.74) is 2.06. The van der Waals surface area contributed by atoms with Gasteiger partial charge in [0, 0.05) is 12.2 Å². The molecule has 0 fully saturated rings. The van der Waals surface area contributed by atoms with Crippen LogP contribution in [-0.2, 0) is 0 Å². The Hall–Kier alpha value is -1.51. The molecular formula is C13H20N2O. The van der Waals surface area contributed by atoms with Crippen molar-refractivity contribution < 1.29 is 4.79 Å². The molecule has 16 heavy (non-hydrogen) atoms. The van der Waals surface area contributed by atoms with E-state index in [-0.39, 0.29) is 6.03 Å². The van der Waals surface area contributed by atoms with Gasteiger partial charge in [-0.1, -0.05) is 39.0 Å². The van der Waals surface area contributed by atoms with Crippen LogP contribution in [0.3, 0.4) is 0 Å². The second-order valence-corrected chi connectivity index (χ2v) is 4.12. The Morgan fingerprint density at radius 2 is 2.00 bits per heavy atom. The summed E-state index contributed by atoms with van der Waals surface area (Å²) in [4.78, 5) is 11.5. The standard InChI is InChI=1S/C13H20N2O/c1-4-9-14-13(16)15-12-8-6-5-7-11(12)10(2)3/h5-8,10H,4,9H2,1-3H3,(H2,14,15,16). The molecule has 0 atom stereocenters. The van der Waals surface area contributed by atoms with Crippen molar-refractivity contribution in [2.24, 2.45) is 0 Å². The second-order valence-electron chi connectivity index (χ2n) is 4.12. The number of nitrogens with one attached hydrogen (secondary N) is 2. The normalized spacial score (nSPS) is 10.2. The van der Waals surface area contributed by atoms with E-state index in [2.05, 4.69) is 24.5 Å². The average Bonchev–Trinajstić information content (AvgIpc) is 2.27. The van der Waals surface area contributed by atoms with Crippen LogP contribution >= 0.6 is 0 Å². The van der Waals surface area contributed by atoms with Crippen molar-refractivity contribution in [2.75, 3.05) is 11.9 Å². The summed E-state index contributed by atoms with van der Waals surface area (Å²) in [7, 11) is 0. The first kappa shape index (κ1) is 12.6. The van der Waals surface area contributed by atoms with Gasteiger partial charge in [0.2, 0.25) is 0 Å². The number of amides is 2. The summed E-state index contributed by atoms with van der Waals surface area (Å²) in [6, 6.07) is 7.77. The van der Waals surface area contributed by atoms with Crippen molar-refractivity contribution in [2.45, 2.75) is 33.1 Å². The number of rotatable bonds is 4. The van der Waals surface area contributed by atoms with Crippen LogP contribution in [0.5, 0.6) is 0 Å². The van der Waals surface area contributed by atoms with E-state index in [0.717, 1.165) is 17.7 Å². The molecule has 0 aromatic heterocycles. The molecule has 3 nitrogen and oxygen atoms in total. The Morgan fingerprint density at radius 3 is 2.62 bits per heavy atom. The largest absolute Gasteiger partial charge is 0.338 e. The molecule has 1 aromatic rings. The van der Waals surface area contributed by atoms with Crippen molar-refractivity contribution in [1.82, 2.24) is 5.32 Å². The van der Waals surface area contributed by atoms with Crippen LogP contribution < -0.4 is 10.6 Å². The molecule has 0 aliphatic rings. The Kier molecular flexibility index (Phi) is 4.83. The van der Waals surface area contributed by atoms with Gasteiger partial charge in [-0.3, -0.25) is 0 Å². The molecule has 0 saturated carbocycles. The monoisotopic (exact) mass is 220 g/mol. The molecule has 3 heteroatoms.